The molecule has 0 heterocycles. The van der Waals surface area contributed by atoms with Gasteiger partial charge < -0.3 is 5.73 Å². The highest BCUT2D eigenvalue weighted by Gasteiger charge is 2.29. The number of hydrogen-bond donors (Lipinski definition) is 1. The van der Waals surface area contributed by atoms with Crippen molar-refractivity contribution in [1.82, 2.24) is 0 Å². The summed E-state index contributed by atoms with van der Waals surface area (Å²) in [6, 6.07) is -0.126. The average molecular weight is 177 g/mol. The van der Waals surface area contributed by atoms with E-state index in [9.17, 15) is 8.42 Å². The minimum Gasteiger partial charge on any atom is -0.327 e. The molecule has 0 aromatic rings. The van der Waals surface area contributed by atoms with Gasteiger partial charge in [0.05, 0.1) is 5.25 Å². The molecule has 1 aliphatic carbocycles. The lowest BCUT2D eigenvalue weighted by atomic mass is 9.96. The van der Waals surface area contributed by atoms with Gasteiger partial charge in [0.15, 0.2) is 9.84 Å². The zero-order valence-corrected chi connectivity index (χ0v) is 7.60. The topological polar surface area (TPSA) is 60.2 Å². The van der Waals surface area contributed by atoms with E-state index in [-0.39, 0.29) is 11.3 Å². The second-order valence-corrected chi connectivity index (χ2v) is 5.58. The summed E-state index contributed by atoms with van der Waals surface area (Å²) in [5.41, 5.74) is 5.69. The van der Waals surface area contributed by atoms with Crippen molar-refractivity contribution in [2.45, 2.75) is 37.0 Å². The van der Waals surface area contributed by atoms with Gasteiger partial charge in [-0.2, -0.15) is 0 Å². The number of nitrogens with two attached hydrogens (primary N) is 1. The molecule has 0 saturated heterocycles. The summed E-state index contributed by atoms with van der Waals surface area (Å²) in [5.74, 6) is 0. The molecule has 1 fully saturated rings. The fourth-order valence-electron chi connectivity index (χ4n) is 1.66. The molecular formula is C7H15NO2S. The van der Waals surface area contributed by atoms with Gasteiger partial charge in [0.25, 0.3) is 0 Å². The van der Waals surface area contributed by atoms with Crippen LogP contribution < -0.4 is 5.73 Å². The van der Waals surface area contributed by atoms with Gasteiger partial charge in [0.1, 0.15) is 0 Å². The van der Waals surface area contributed by atoms with Crippen molar-refractivity contribution in [3.8, 4) is 0 Å². The van der Waals surface area contributed by atoms with Gasteiger partial charge in [-0.15, -0.1) is 0 Å². The molecule has 4 heteroatoms. The van der Waals surface area contributed by atoms with Gasteiger partial charge in [0.2, 0.25) is 0 Å². The molecule has 1 rings (SSSR count). The first-order valence-corrected chi connectivity index (χ1v) is 5.92. The summed E-state index contributed by atoms with van der Waals surface area (Å²) in [6.45, 7) is 0. The Kier molecular flexibility index (Phi) is 2.54. The lowest BCUT2D eigenvalue weighted by Gasteiger charge is -2.26. The first kappa shape index (κ1) is 9.00. The Hall–Kier alpha value is -0.0900. The van der Waals surface area contributed by atoms with Crippen LogP contribution in [0, 0.1) is 0 Å². The van der Waals surface area contributed by atoms with Crippen molar-refractivity contribution in [1.29, 1.82) is 0 Å². The molecule has 1 saturated carbocycles. The molecule has 11 heavy (non-hydrogen) atoms. The van der Waals surface area contributed by atoms with Crippen molar-refractivity contribution in [2.75, 3.05) is 6.26 Å². The molecule has 0 spiro atoms. The first-order valence-electron chi connectivity index (χ1n) is 3.96. The second kappa shape index (κ2) is 3.11. The standard InChI is InChI=1S/C7H15NO2S/c1-11(9,10)7-5-3-2-4-6(7)8/h6-7H,2-5,8H2,1H3/t6-,7-/m0/s1. The molecule has 3 nitrogen and oxygen atoms in total. The number of rotatable bonds is 1. The Balaban J connectivity index is 2.70. The van der Waals surface area contributed by atoms with Crippen LogP contribution in [0.25, 0.3) is 0 Å². The van der Waals surface area contributed by atoms with Crippen molar-refractivity contribution >= 4 is 9.84 Å². The van der Waals surface area contributed by atoms with Crippen LogP contribution >= 0.6 is 0 Å². The van der Waals surface area contributed by atoms with Crippen LogP contribution in [0.5, 0.6) is 0 Å². The van der Waals surface area contributed by atoms with Crippen LogP contribution in [0.1, 0.15) is 25.7 Å². The highest BCUT2D eigenvalue weighted by atomic mass is 32.2. The molecule has 2 atom stereocenters. The van der Waals surface area contributed by atoms with Crippen LogP contribution in [0.4, 0.5) is 0 Å². The minimum atomic E-state index is -2.90. The van der Waals surface area contributed by atoms with Crippen LogP contribution in [-0.4, -0.2) is 26.0 Å². The summed E-state index contributed by atoms with van der Waals surface area (Å²) in [7, 11) is -2.90. The third-order valence-electron chi connectivity index (χ3n) is 2.30. The molecular weight excluding hydrogens is 162 g/mol. The molecule has 1 aliphatic rings. The maximum absolute atomic E-state index is 11.1. The lowest BCUT2D eigenvalue weighted by Crippen LogP contribution is -2.42. The van der Waals surface area contributed by atoms with Crippen LogP contribution in [0.3, 0.4) is 0 Å². The van der Waals surface area contributed by atoms with Gasteiger partial charge in [0, 0.05) is 12.3 Å². The van der Waals surface area contributed by atoms with Crippen molar-refractivity contribution in [3.63, 3.8) is 0 Å². The Morgan fingerprint density at radius 3 is 2.18 bits per heavy atom. The molecule has 0 aliphatic heterocycles. The van der Waals surface area contributed by atoms with Crippen LogP contribution in [-0.2, 0) is 9.84 Å². The van der Waals surface area contributed by atoms with E-state index in [1.165, 1.54) is 6.26 Å². The molecule has 0 amide bonds. The predicted molar refractivity (Wildman–Crippen MR) is 45.1 cm³/mol. The fraction of sp³-hybridized carbons (Fsp3) is 1.00. The van der Waals surface area contributed by atoms with E-state index in [2.05, 4.69) is 0 Å². The summed E-state index contributed by atoms with van der Waals surface area (Å²) in [4.78, 5) is 0. The van der Waals surface area contributed by atoms with Crippen molar-refractivity contribution in [2.24, 2.45) is 5.73 Å². The average Bonchev–Trinajstić information content (AvgIpc) is 1.86. The molecule has 0 bridgehead atoms. The quantitative estimate of drug-likeness (QED) is 0.626. The van der Waals surface area contributed by atoms with E-state index in [1.54, 1.807) is 0 Å². The fourth-order valence-corrected chi connectivity index (χ4v) is 3.02. The van der Waals surface area contributed by atoms with Gasteiger partial charge in [-0.25, -0.2) is 8.42 Å². The molecule has 0 aromatic carbocycles. The monoisotopic (exact) mass is 177 g/mol. The zero-order valence-electron chi connectivity index (χ0n) is 6.79. The van der Waals surface area contributed by atoms with E-state index < -0.39 is 9.84 Å². The van der Waals surface area contributed by atoms with Gasteiger partial charge in [-0.05, 0) is 12.8 Å². The third kappa shape index (κ3) is 2.17. The predicted octanol–water partition coefficient (Wildman–Crippen LogP) is 0.301. The zero-order chi connectivity index (χ0) is 8.48. The van der Waals surface area contributed by atoms with E-state index in [0.717, 1.165) is 25.7 Å². The molecule has 0 radical (unpaired) electrons. The van der Waals surface area contributed by atoms with Crippen molar-refractivity contribution < 1.29 is 8.42 Å². The smallest absolute Gasteiger partial charge is 0.151 e. The minimum absolute atomic E-state index is 0.126. The molecule has 66 valence electrons. The maximum atomic E-state index is 11.1. The highest BCUT2D eigenvalue weighted by molar-refractivity contribution is 7.91. The molecule has 0 unspecified atom stereocenters. The highest BCUT2D eigenvalue weighted by Crippen LogP contribution is 2.22. The summed E-state index contributed by atoms with van der Waals surface area (Å²) >= 11 is 0. The maximum Gasteiger partial charge on any atom is 0.151 e. The number of hydrogen-bond acceptors (Lipinski definition) is 3. The van der Waals surface area contributed by atoms with E-state index in [1.807, 2.05) is 0 Å². The van der Waals surface area contributed by atoms with E-state index >= 15 is 0 Å². The van der Waals surface area contributed by atoms with Crippen LogP contribution in [0.2, 0.25) is 0 Å². The van der Waals surface area contributed by atoms with Crippen LogP contribution in [0.15, 0.2) is 0 Å². The van der Waals surface area contributed by atoms with E-state index in [0.29, 0.717) is 0 Å². The van der Waals surface area contributed by atoms with E-state index in [4.69, 9.17) is 5.73 Å². The van der Waals surface area contributed by atoms with Gasteiger partial charge >= 0.3 is 0 Å². The second-order valence-electron chi connectivity index (χ2n) is 3.32. The third-order valence-corrected chi connectivity index (χ3v) is 3.99. The SMILES string of the molecule is CS(=O)(=O)[C@H]1CCCC[C@@H]1N. The summed E-state index contributed by atoms with van der Waals surface area (Å²) in [5, 5.41) is -0.281. The summed E-state index contributed by atoms with van der Waals surface area (Å²) in [6.07, 6.45) is 4.97. The Bertz CT molecular complexity index is 223. The summed E-state index contributed by atoms with van der Waals surface area (Å²) < 4.78 is 22.2. The molecule has 0 aromatic heterocycles. The van der Waals surface area contributed by atoms with Gasteiger partial charge in [-0.1, -0.05) is 12.8 Å². The Labute approximate surface area is 67.9 Å². The number of sulfone groups is 1. The van der Waals surface area contributed by atoms with Crippen molar-refractivity contribution in [3.05, 3.63) is 0 Å². The molecule has 2 N–H and O–H groups in total. The Morgan fingerprint density at radius 2 is 1.82 bits per heavy atom. The first-order chi connectivity index (χ1) is 5.02. The largest absolute Gasteiger partial charge is 0.327 e. The normalized spacial score (nSPS) is 33.6. The lowest BCUT2D eigenvalue weighted by molar-refractivity contribution is 0.433. The van der Waals surface area contributed by atoms with Gasteiger partial charge in [-0.3, -0.25) is 0 Å². The Morgan fingerprint density at radius 1 is 1.27 bits per heavy atom.